The van der Waals surface area contributed by atoms with Gasteiger partial charge in [-0.15, -0.1) is 11.3 Å². The van der Waals surface area contributed by atoms with Gasteiger partial charge >= 0.3 is 0 Å². The smallest absolute Gasteiger partial charge is 0.0714 e. The van der Waals surface area contributed by atoms with Crippen LogP contribution in [0.2, 0.25) is 0 Å². The Bertz CT molecular complexity index is 3570. The molecule has 2 heteroatoms. The Labute approximate surface area is 384 Å². The molecule has 0 radical (unpaired) electrons. The predicted molar refractivity (Wildman–Crippen MR) is 274 cm³/mol. The zero-order valence-corrected chi connectivity index (χ0v) is 36.8. The van der Waals surface area contributed by atoms with Crippen LogP contribution in [0, 0.1) is 0 Å². The lowest BCUT2D eigenvalue weighted by atomic mass is 9.68. The number of hydrogen-bond acceptors (Lipinski definition) is 2. The molecule has 0 spiro atoms. The van der Waals surface area contributed by atoms with E-state index in [0.717, 1.165) is 17.1 Å². The third kappa shape index (κ3) is 5.51. The molecular formula is C63H43NS. The highest BCUT2D eigenvalue weighted by atomic mass is 32.1. The van der Waals surface area contributed by atoms with Gasteiger partial charge in [0.05, 0.1) is 11.1 Å². The van der Waals surface area contributed by atoms with Crippen LogP contribution in [0.25, 0.3) is 53.6 Å². The molecule has 10 aromatic carbocycles. The lowest BCUT2D eigenvalue weighted by molar-refractivity contribution is 0.714. The summed E-state index contributed by atoms with van der Waals surface area (Å²) in [5, 5.41) is 2.64. The van der Waals surface area contributed by atoms with Crippen LogP contribution in [-0.2, 0) is 10.8 Å². The first-order valence-corrected chi connectivity index (χ1v) is 23.4. The number of fused-ring (bicyclic) bond motifs is 9. The van der Waals surface area contributed by atoms with Crippen LogP contribution in [0.1, 0.15) is 45.9 Å². The van der Waals surface area contributed by atoms with Gasteiger partial charge in [-0.1, -0.05) is 200 Å². The van der Waals surface area contributed by atoms with Crippen LogP contribution in [0.4, 0.5) is 17.1 Å². The van der Waals surface area contributed by atoms with Crippen LogP contribution in [-0.4, -0.2) is 0 Å². The Morgan fingerprint density at radius 3 is 1.65 bits per heavy atom. The number of anilines is 3. The number of rotatable bonds is 7. The predicted octanol–water partition coefficient (Wildman–Crippen LogP) is 16.9. The molecule has 11 aromatic rings. The highest BCUT2D eigenvalue weighted by Crippen LogP contribution is 2.60. The third-order valence-electron chi connectivity index (χ3n) is 14.4. The molecule has 0 N–H and O–H groups in total. The SMILES string of the molecule is CC1(c2ccccc2)c2ccccc2-c2cc(N(c3ccc(-c4ccc5c(c4)sc4ccccc45)cc3)c3cccc4c3-c3ccccc3C4(c3ccccc3)c3ccccc3)ccc21. The van der Waals surface area contributed by atoms with Gasteiger partial charge in [-0.3, -0.25) is 0 Å². The lowest BCUT2D eigenvalue weighted by Gasteiger charge is -2.34. The molecular weight excluding hydrogens is 803 g/mol. The van der Waals surface area contributed by atoms with Crippen molar-refractivity contribution in [3.05, 3.63) is 282 Å². The van der Waals surface area contributed by atoms with Gasteiger partial charge in [0, 0.05) is 42.5 Å². The summed E-state index contributed by atoms with van der Waals surface area (Å²) < 4.78 is 2.64. The second-order valence-corrected chi connectivity index (χ2v) is 18.8. The van der Waals surface area contributed by atoms with E-state index in [1.807, 2.05) is 11.3 Å². The maximum atomic E-state index is 2.52. The molecule has 0 amide bonds. The Morgan fingerprint density at radius 2 is 0.908 bits per heavy atom. The molecule has 0 aliphatic heterocycles. The second kappa shape index (κ2) is 14.6. The van der Waals surface area contributed by atoms with E-state index in [9.17, 15) is 0 Å². The maximum Gasteiger partial charge on any atom is 0.0714 e. The van der Waals surface area contributed by atoms with Crippen LogP contribution < -0.4 is 4.90 Å². The van der Waals surface area contributed by atoms with Crippen molar-refractivity contribution in [3.8, 4) is 33.4 Å². The molecule has 0 saturated heterocycles. The normalized spacial score (nSPS) is 15.3. The van der Waals surface area contributed by atoms with Crippen LogP contribution >= 0.6 is 11.3 Å². The fourth-order valence-electron chi connectivity index (χ4n) is 11.5. The molecule has 2 aliphatic carbocycles. The number of nitrogens with zero attached hydrogens (tertiary/aromatic N) is 1. The summed E-state index contributed by atoms with van der Waals surface area (Å²) in [4.78, 5) is 2.52. The quantitative estimate of drug-likeness (QED) is 0.154. The Balaban J connectivity index is 1.04. The van der Waals surface area contributed by atoms with Crippen molar-refractivity contribution in [2.24, 2.45) is 0 Å². The molecule has 0 saturated carbocycles. The molecule has 1 heterocycles. The van der Waals surface area contributed by atoms with Crippen molar-refractivity contribution in [2.75, 3.05) is 4.90 Å². The minimum absolute atomic E-state index is 0.286. The highest BCUT2D eigenvalue weighted by Gasteiger charge is 2.47. The molecule has 1 unspecified atom stereocenters. The molecule has 1 nitrogen and oxygen atoms in total. The van der Waals surface area contributed by atoms with Gasteiger partial charge in [0.1, 0.15) is 0 Å². The summed E-state index contributed by atoms with van der Waals surface area (Å²) >= 11 is 1.87. The molecule has 1 aromatic heterocycles. The first-order chi connectivity index (χ1) is 32.1. The number of benzene rings is 10. The fourth-order valence-corrected chi connectivity index (χ4v) is 12.7. The lowest BCUT2D eigenvalue weighted by Crippen LogP contribution is -2.28. The first-order valence-electron chi connectivity index (χ1n) is 22.6. The summed E-state index contributed by atoms with van der Waals surface area (Å²) in [5.41, 5.74) is 19.2. The van der Waals surface area contributed by atoms with Gasteiger partial charge in [-0.05, 0) is 116 Å². The van der Waals surface area contributed by atoms with Gasteiger partial charge in [-0.2, -0.15) is 0 Å². The zero-order chi connectivity index (χ0) is 43.1. The van der Waals surface area contributed by atoms with E-state index in [-0.39, 0.29) is 5.41 Å². The van der Waals surface area contributed by atoms with Crippen molar-refractivity contribution in [3.63, 3.8) is 0 Å². The average molecular weight is 846 g/mol. The van der Waals surface area contributed by atoms with E-state index in [0.29, 0.717) is 0 Å². The van der Waals surface area contributed by atoms with E-state index < -0.39 is 5.41 Å². The fraction of sp³-hybridized carbons (Fsp3) is 0.0476. The Hall–Kier alpha value is -7.78. The Kier molecular flexibility index (Phi) is 8.50. The van der Waals surface area contributed by atoms with Gasteiger partial charge in [0.15, 0.2) is 0 Å². The van der Waals surface area contributed by atoms with E-state index in [1.54, 1.807) is 0 Å². The van der Waals surface area contributed by atoms with Gasteiger partial charge in [-0.25, -0.2) is 0 Å². The largest absolute Gasteiger partial charge is 0.310 e. The molecule has 0 bridgehead atoms. The summed E-state index contributed by atoms with van der Waals surface area (Å²) in [6, 6.07) is 90.4. The summed E-state index contributed by atoms with van der Waals surface area (Å²) in [7, 11) is 0. The van der Waals surface area contributed by atoms with Gasteiger partial charge < -0.3 is 4.90 Å². The topological polar surface area (TPSA) is 3.24 Å². The maximum absolute atomic E-state index is 2.52. The molecule has 1 atom stereocenters. The van der Waals surface area contributed by atoms with Gasteiger partial charge in [0.25, 0.3) is 0 Å². The summed E-state index contributed by atoms with van der Waals surface area (Å²) in [6.07, 6.45) is 0. The highest BCUT2D eigenvalue weighted by molar-refractivity contribution is 7.25. The molecule has 0 fully saturated rings. The molecule has 65 heavy (non-hydrogen) atoms. The van der Waals surface area contributed by atoms with E-state index >= 15 is 0 Å². The van der Waals surface area contributed by atoms with Crippen molar-refractivity contribution >= 4 is 48.6 Å². The minimum Gasteiger partial charge on any atom is -0.310 e. The first kappa shape index (κ1) is 37.7. The van der Waals surface area contributed by atoms with E-state index in [1.165, 1.54) is 92.5 Å². The standard InChI is InChI=1S/C63H43NS/c1-62(44-18-5-2-6-19-44)54-27-14-11-24-49(54)53-41-48(37-39-55(53)62)64(47-35-32-42(33-36-47)43-34-38-51-50-25-13-16-31-59(50)65-60(51)40-43)58-30-17-29-57-61(58)52-26-12-15-28-56(52)63(57,45-20-7-3-8-21-45)46-22-9-4-10-23-46/h2-41H,1H3. The number of thiophene rings is 1. The minimum atomic E-state index is -0.514. The molecule has 13 rings (SSSR count). The third-order valence-corrected chi connectivity index (χ3v) is 15.6. The van der Waals surface area contributed by atoms with Crippen LogP contribution in [0.15, 0.2) is 243 Å². The van der Waals surface area contributed by atoms with Crippen molar-refractivity contribution in [1.82, 2.24) is 0 Å². The van der Waals surface area contributed by atoms with Crippen molar-refractivity contribution in [1.29, 1.82) is 0 Å². The summed E-state index contributed by atoms with van der Waals surface area (Å²) in [5.74, 6) is 0. The van der Waals surface area contributed by atoms with Gasteiger partial charge in [0.2, 0.25) is 0 Å². The molecule has 2 aliphatic rings. The van der Waals surface area contributed by atoms with Crippen molar-refractivity contribution in [2.45, 2.75) is 17.8 Å². The monoisotopic (exact) mass is 845 g/mol. The van der Waals surface area contributed by atoms with E-state index in [4.69, 9.17) is 0 Å². The number of hydrogen-bond donors (Lipinski definition) is 0. The van der Waals surface area contributed by atoms with E-state index in [2.05, 4.69) is 254 Å². The zero-order valence-electron chi connectivity index (χ0n) is 35.9. The van der Waals surface area contributed by atoms with Crippen molar-refractivity contribution < 1.29 is 0 Å². The Morgan fingerprint density at radius 1 is 0.354 bits per heavy atom. The average Bonchev–Trinajstić information content (AvgIpc) is 4.00. The second-order valence-electron chi connectivity index (χ2n) is 17.7. The molecule has 306 valence electrons. The summed E-state index contributed by atoms with van der Waals surface area (Å²) in [6.45, 7) is 2.40. The van der Waals surface area contributed by atoms with Crippen LogP contribution in [0.3, 0.4) is 0 Å². The van der Waals surface area contributed by atoms with Crippen LogP contribution in [0.5, 0.6) is 0 Å².